The summed E-state index contributed by atoms with van der Waals surface area (Å²) in [5.74, 6) is 0.653. The average Bonchev–Trinajstić information content (AvgIpc) is 2.49. The number of aryl methyl sites for hydroxylation is 1. The molecule has 1 aromatic carbocycles. The van der Waals surface area contributed by atoms with Gasteiger partial charge in [0.05, 0.1) is 5.38 Å². The van der Waals surface area contributed by atoms with Crippen LogP contribution in [-0.4, -0.2) is 12.5 Å². The number of fused-ring (bicyclic) bond motifs is 1. The molecule has 1 aliphatic heterocycles. The number of rotatable bonds is 2. The van der Waals surface area contributed by atoms with Gasteiger partial charge < -0.3 is 5.32 Å². The molecule has 1 aromatic rings. The second-order valence-electron chi connectivity index (χ2n) is 5.37. The molecule has 2 nitrogen and oxygen atoms in total. The number of carbonyl (C=O) groups excluding carboxylic acids is 1. The lowest BCUT2D eigenvalue weighted by molar-refractivity contribution is 0.0956. The minimum atomic E-state index is 0.0572. The first-order valence-electron chi connectivity index (χ1n) is 6.81. The van der Waals surface area contributed by atoms with Crippen LogP contribution >= 0.6 is 11.6 Å². The summed E-state index contributed by atoms with van der Waals surface area (Å²) in [6.45, 7) is 0.774. The van der Waals surface area contributed by atoms with E-state index in [-0.39, 0.29) is 11.3 Å². The SMILES string of the molecule is O=C1NCCCc2ccc(C(Cl)C3CCC3)cc21. The Kier molecular flexibility index (Phi) is 3.29. The van der Waals surface area contributed by atoms with Crippen LogP contribution in [0.25, 0.3) is 0 Å². The van der Waals surface area contributed by atoms with Crippen LogP contribution in [0.3, 0.4) is 0 Å². The maximum absolute atomic E-state index is 12.0. The van der Waals surface area contributed by atoms with E-state index in [1.807, 2.05) is 6.07 Å². The lowest BCUT2D eigenvalue weighted by Gasteiger charge is -2.30. The van der Waals surface area contributed by atoms with Gasteiger partial charge in [0.25, 0.3) is 5.91 Å². The highest BCUT2D eigenvalue weighted by Crippen LogP contribution is 2.42. The van der Waals surface area contributed by atoms with Crippen molar-refractivity contribution in [3.05, 3.63) is 34.9 Å². The maximum atomic E-state index is 12.0. The second kappa shape index (κ2) is 4.93. The standard InChI is InChI=1S/C15H18ClNO/c16-14(11-3-1-4-11)12-7-6-10-5-2-8-17-15(18)13(10)9-12/h6-7,9,11,14H,1-5,8H2,(H,17,18). The molecule has 18 heavy (non-hydrogen) atoms. The van der Waals surface area contributed by atoms with Gasteiger partial charge in [-0.15, -0.1) is 11.6 Å². The number of benzene rings is 1. The van der Waals surface area contributed by atoms with Crippen molar-refractivity contribution in [2.45, 2.75) is 37.5 Å². The summed E-state index contributed by atoms with van der Waals surface area (Å²) in [5, 5.41) is 3.01. The number of hydrogen-bond acceptors (Lipinski definition) is 1. The van der Waals surface area contributed by atoms with Gasteiger partial charge in [-0.05, 0) is 48.8 Å². The van der Waals surface area contributed by atoms with Crippen molar-refractivity contribution in [3.63, 3.8) is 0 Å². The molecular weight excluding hydrogens is 246 g/mol. The van der Waals surface area contributed by atoms with Crippen LogP contribution in [0.15, 0.2) is 18.2 Å². The second-order valence-corrected chi connectivity index (χ2v) is 5.84. The molecule has 3 heteroatoms. The molecule has 0 bridgehead atoms. The van der Waals surface area contributed by atoms with Crippen LogP contribution in [0, 0.1) is 5.92 Å². The molecule has 1 fully saturated rings. The number of nitrogens with one attached hydrogen (secondary N) is 1. The van der Waals surface area contributed by atoms with Gasteiger partial charge in [-0.3, -0.25) is 4.79 Å². The maximum Gasteiger partial charge on any atom is 0.251 e. The van der Waals surface area contributed by atoms with Gasteiger partial charge >= 0.3 is 0 Å². The summed E-state index contributed by atoms with van der Waals surface area (Å²) in [4.78, 5) is 12.0. The van der Waals surface area contributed by atoms with E-state index in [0.717, 1.165) is 36.1 Å². The normalized spacial score (nSPS) is 21.5. The molecule has 1 aliphatic carbocycles. The highest BCUT2D eigenvalue weighted by molar-refractivity contribution is 6.21. The first-order valence-corrected chi connectivity index (χ1v) is 7.24. The predicted octanol–water partition coefficient (Wildman–Crippen LogP) is 3.44. The van der Waals surface area contributed by atoms with Gasteiger partial charge in [-0.1, -0.05) is 18.6 Å². The summed E-state index contributed by atoms with van der Waals surface area (Å²) < 4.78 is 0. The van der Waals surface area contributed by atoms with Crippen molar-refractivity contribution >= 4 is 17.5 Å². The fraction of sp³-hybridized carbons (Fsp3) is 0.533. The molecule has 1 N–H and O–H groups in total. The predicted molar refractivity (Wildman–Crippen MR) is 73.0 cm³/mol. The molecule has 1 saturated carbocycles. The van der Waals surface area contributed by atoms with Crippen molar-refractivity contribution in [2.75, 3.05) is 6.54 Å². The van der Waals surface area contributed by atoms with Crippen LogP contribution in [0.5, 0.6) is 0 Å². The smallest absolute Gasteiger partial charge is 0.251 e. The largest absolute Gasteiger partial charge is 0.352 e. The molecule has 1 heterocycles. The van der Waals surface area contributed by atoms with E-state index >= 15 is 0 Å². The van der Waals surface area contributed by atoms with E-state index < -0.39 is 0 Å². The van der Waals surface area contributed by atoms with Gasteiger partial charge in [-0.2, -0.15) is 0 Å². The molecule has 0 saturated heterocycles. The van der Waals surface area contributed by atoms with Crippen molar-refractivity contribution in [2.24, 2.45) is 5.92 Å². The first-order chi connectivity index (χ1) is 8.75. The Balaban J connectivity index is 1.91. The van der Waals surface area contributed by atoms with Crippen LogP contribution < -0.4 is 5.32 Å². The number of alkyl halides is 1. The minimum Gasteiger partial charge on any atom is -0.352 e. The van der Waals surface area contributed by atoms with Gasteiger partial charge in [0.2, 0.25) is 0 Å². The Bertz CT molecular complexity index is 468. The van der Waals surface area contributed by atoms with Crippen LogP contribution in [-0.2, 0) is 6.42 Å². The minimum absolute atomic E-state index is 0.0572. The molecule has 3 rings (SSSR count). The van der Waals surface area contributed by atoms with Crippen LogP contribution in [0.1, 0.15) is 52.5 Å². The molecule has 0 radical (unpaired) electrons. The highest BCUT2D eigenvalue weighted by atomic mass is 35.5. The Labute approximate surface area is 113 Å². The fourth-order valence-corrected chi connectivity index (χ4v) is 3.16. The third-order valence-corrected chi connectivity index (χ3v) is 4.78. The zero-order valence-electron chi connectivity index (χ0n) is 10.4. The fourth-order valence-electron chi connectivity index (χ4n) is 2.78. The van der Waals surface area contributed by atoms with E-state index in [2.05, 4.69) is 17.4 Å². The van der Waals surface area contributed by atoms with Gasteiger partial charge in [0.1, 0.15) is 0 Å². The van der Waals surface area contributed by atoms with Gasteiger partial charge in [-0.25, -0.2) is 0 Å². The quantitative estimate of drug-likeness (QED) is 0.814. The highest BCUT2D eigenvalue weighted by Gasteiger charge is 2.27. The Morgan fingerprint density at radius 3 is 2.83 bits per heavy atom. The van der Waals surface area contributed by atoms with Crippen molar-refractivity contribution in [1.82, 2.24) is 5.32 Å². The summed E-state index contributed by atoms with van der Waals surface area (Å²) >= 11 is 6.51. The lowest BCUT2D eigenvalue weighted by Crippen LogP contribution is -2.23. The van der Waals surface area contributed by atoms with E-state index in [1.165, 1.54) is 19.3 Å². The first kappa shape index (κ1) is 12.0. The Morgan fingerprint density at radius 2 is 2.11 bits per heavy atom. The lowest BCUT2D eigenvalue weighted by atomic mass is 9.80. The molecule has 0 spiro atoms. The third kappa shape index (κ3) is 2.14. The topological polar surface area (TPSA) is 29.1 Å². The molecule has 2 aliphatic rings. The third-order valence-electron chi connectivity index (χ3n) is 4.17. The Hall–Kier alpha value is -1.02. The van der Waals surface area contributed by atoms with Crippen molar-refractivity contribution < 1.29 is 4.79 Å². The zero-order chi connectivity index (χ0) is 12.5. The van der Waals surface area contributed by atoms with Gasteiger partial charge in [0.15, 0.2) is 0 Å². The molecule has 96 valence electrons. The van der Waals surface area contributed by atoms with E-state index in [9.17, 15) is 4.79 Å². The average molecular weight is 264 g/mol. The monoisotopic (exact) mass is 263 g/mol. The van der Waals surface area contributed by atoms with Gasteiger partial charge in [0, 0.05) is 12.1 Å². The van der Waals surface area contributed by atoms with Crippen LogP contribution in [0.4, 0.5) is 0 Å². The summed E-state index contributed by atoms with van der Waals surface area (Å²) in [7, 11) is 0. The molecule has 0 aromatic heterocycles. The van der Waals surface area contributed by atoms with Crippen LogP contribution in [0.2, 0.25) is 0 Å². The number of halogens is 1. The Morgan fingerprint density at radius 1 is 1.28 bits per heavy atom. The van der Waals surface area contributed by atoms with E-state index in [0.29, 0.717) is 5.92 Å². The molecular formula is C15H18ClNO. The zero-order valence-corrected chi connectivity index (χ0v) is 11.2. The summed E-state index contributed by atoms with van der Waals surface area (Å²) in [6.07, 6.45) is 5.73. The molecule has 1 amide bonds. The van der Waals surface area contributed by atoms with E-state index in [4.69, 9.17) is 11.6 Å². The van der Waals surface area contributed by atoms with Crippen molar-refractivity contribution in [1.29, 1.82) is 0 Å². The summed E-state index contributed by atoms with van der Waals surface area (Å²) in [5.41, 5.74) is 3.10. The molecule has 1 unspecified atom stereocenters. The summed E-state index contributed by atoms with van der Waals surface area (Å²) in [6, 6.07) is 6.20. The number of carbonyl (C=O) groups is 1. The molecule has 1 atom stereocenters. The number of hydrogen-bond donors (Lipinski definition) is 1. The van der Waals surface area contributed by atoms with Crippen molar-refractivity contribution in [3.8, 4) is 0 Å². The number of amides is 1. The van der Waals surface area contributed by atoms with E-state index in [1.54, 1.807) is 0 Å².